The first kappa shape index (κ1) is 14.0. The summed E-state index contributed by atoms with van der Waals surface area (Å²) in [5.74, 6) is -9.75. The molecule has 1 aromatic carbocycles. The van der Waals surface area contributed by atoms with Crippen molar-refractivity contribution in [1.29, 1.82) is 0 Å². The van der Waals surface area contributed by atoms with Crippen LogP contribution in [0.1, 0.15) is 0 Å². The highest BCUT2D eigenvalue weighted by Gasteiger charge is 2.31. The van der Waals surface area contributed by atoms with Crippen molar-refractivity contribution in [2.24, 2.45) is 5.73 Å². The molecule has 106 valence electrons. The average molecular weight is 282 g/mol. The van der Waals surface area contributed by atoms with Gasteiger partial charge >= 0.3 is 0 Å². The van der Waals surface area contributed by atoms with Crippen molar-refractivity contribution in [3.8, 4) is 0 Å². The van der Waals surface area contributed by atoms with Crippen molar-refractivity contribution >= 4 is 5.69 Å². The minimum Gasteiger partial charge on any atom is -0.373 e. The van der Waals surface area contributed by atoms with E-state index in [9.17, 15) is 22.0 Å². The predicted octanol–water partition coefficient (Wildman–Crippen LogP) is 1.55. The second kappa shape index (κ2) is 5.30. The molecule has 1 heterocycles. The molecule has 8 heteroatoms. The average Bonchev–Trinajstić information content (AvgIpc) is 2.43. The number of ether oxygens (including phenoxy) is 1. The fourth-order valence-electron chi connectivity index (χ4n) is 1.94. The zero-order valence-corrected chi connectivity index (χ0v) is 9.73. The Morgan fingerprint density at radius 1 is 1.00 bits per heavy atom. The Morgan fingerprint density at radius 3 is 2.05 bits per heavy atom. The lowest BCUT2D eigenvalue weighted by molar-refractivity contribution is 0.0460. The molecule has 1 unspecified atom stereocenters. The second-order valence-corrected chi connectivity index (χ2v) is 4.09. The summed E-state index contributed by atoms with van der Waals surface area (Å²) in [7, 11) is 0. The van der Waals surface area contributed by atoms with E-state index in [1.165, 1.54) is 0 Å². The van der Waals surface area contributed by atoms with Gasteiger partial charge in [0.25, 0.3) is 0 Å². The van der Waals surface area contributed by atoms with Crippen LogP contribution in [0.5, 0.6) is 0 Å². The van der Waals surface area contributed by atoms with Crippen LogP contribution in [0.15, 0.2) is 0 Å². The first-order valence-electron chi connectivity index (χ1n) is 5.55. The largest absolute Gasteiger partial charge is 0.373 e. The van der Waals surface area contributed by atoms with Crippen molar-refractivity contribution in [3.63, 3.8) is 0 Å². The van der Waals surface area contributed by atoms with Gasteiger partial charge in [-0.1, -0.05) is 0 Å². The third kappa shape index (κ3) is 2.37. The zero-order chi connectivity index (χ0) is 14.2. The Kier molecular flexibility index (Phi) is 3.91. The molecule has 19 heavy (non-hydrogen) atoms. The van der Waals surface area contributed by atoms with Crippen LogP contribution in [-0.4, -0.2) is 32.3 Å². The number of halogens is 5. The van der Waals surface area contributed by atoms with E-state index in [0.717, 1.165) is 4.90 Å². The summed E-state index contributed by atoms with van der Waals surface area (Å²) in [6.45, 7) is 0.178. The van der Waals surface area contributed by atoms with Crippen molar-refractivity contribution in [3.05, 3.63) is 29.1 Å². The Balaban J connectivity index is 2.44. The molecular weight excluding hydrogens is 271 g/mol. The van der Waals surface area contributed by atoms with Crippen LogP contribution in [-0.2, 0) is 4.74 Å². The highest BCUT2D eigenvalue weighted by molar-refractivity contribution is 5.51. The SMILES string of the molecule is NCC1CN(c2c(F)c(F)c(F)c(F)c2F)CCO1. The van der Waals surface area contributed by atoms with Crippen LogP contribution in [0, 0.1) is 29.1 Å². The Hall–Kier alpha value is -1.41. The fourth-order valence-corrected chi connectivity index (χ4v) is 1.94. The maximum absolute atomic E-state index is 13.6. The Bertz CT molecular complexity index is 467. The van der Waals surface area contributed by atoms with Crippen molar-refractivity contribution in [1.82, 2.24) is 0 Å². The van der Waals surface area contributed by atoms with E-state index in [1.807, 2.05) is 0 Å². The van der Waals surface area contributed by atoms with Gasteiger partial charge < -0.3 is 15.4 Å². The molecule has 1 aromatic rings. The molecule has 0 amide bonds. The van der Waals surface area contributed by atoms with Gasteiger partial charge in [-0.2, -0.15) is 0 Å². The van der Waals surface area contributed by atoms with Gasteiger partial charge in [-0.3, -0.25) is 0 Å². The van der Waals surface area contributed by atoms with Crippen molar-refractivity contribution in [2.75, 3.05) is 31.1 Å². The van der Waals surface area contributed by atoms with Crippen molar-refractivity contribution < 1.29 is 26.7 Å². The number of hydrogen-bond donors (Lipinski definition) is 1. The lowest BCUT2D eigenvalue weighted by atomic mass is 10.2. The number of nitrogens with two attached hydrogens (primary N) is 1. The van der Waals surface area contributed by atoms with Crippen LogP contribution in [0.3, 0.4) is 0 Å². The number of rotatable bonds is 2. The third-order valence-corrected chi connectivity index (χ3v) is 2.90. The summed E-state index contributed by atoms with van der Waals surface area (Å²) in [6, 6.07) is 0. The summed E-state index contributed by atoms with van der Waals surface area (Å²) in [5, 5.41) is 0. The number of nitrogens with zero attached hydrogens (tertiary/aromatic N) is 1. The van der Waals surface area contributed by atoms with E-state index in [0.29, 0.717) is 0 Å². The normalized spacial score (nSPS) is 19.9. The molecule has 0 bridgehead atoms. The molecule has 0 aliphatic carbocycles. The third-order valence-electron chi connectivity index (χ3n) is 2.90. The summed E-state index contributed by atoms with van der Waals surface area (Å²) in [6.07, 6.45) is -0.510. The van der Waals surface area contributed by atoms with E-state index >= 15 is 0 Å². The monoisotopic (exact) mass is 282 g/mol. The minimum absolute atomic E-state index is 0.0227. The van der Waals surface area contributed by atoms with Crippen molar-refractivity contribution in [2.45, 2.75) is 6.10 Å². The minimum atomic E-state index is -2.16. The molecule has 0 spiro atoms. The molecule has 2 N–H and O–H groups in total. The maximum atomic E-state index is 13.6. The molecule has 1 aliphatic rings. The van der Waals surface area contributed by atoms with Gasteiger partial charge in [0.1, 0.15) is 5.69 Å². The smallest absolute Gasteiger partial charge is 0.200 e. The highest BCUT2D eigenvalue weighted by Crippen LogP contribution is 2.31. The van der Waals surface area contributed by atoms with Gasteiger partial charge in [0, 0.05) is 19.6 Å². The maximum Gasteiger partial charge on any atom is 0.200 e. The second-order valence-electron chi connectivity index (χ2n) is 4.09. The first-order valence-corrected chi connectivity index (χ1v) is 5.55. The number of benzene rings is 1. The van der Waals surface area contributed by atoms with Gasteiger partial charge in [0.15, 0.2) is 23.3 Å². The quantitative estimate of drug-likeness (QED) is 0.508. The van der Waals surface area contributed by atoms with E-state index < -0.39 is 40.9 Å². The number of hydrogen-bond acceptors (Lipinski definition) is 3. The van der Waals surface area contributed by atoms with Crippen LogP contribution in [0.2, 0.25) is 0 Å². The lowest BCUT2D eigenvalue weighted by Crippen LogP contribution is -2.46. The zero-order valence-electron chi connectivity index (χ0n) is 9.73. The fraction of sp³-hybridized carbons (Fsp3) is 0.455. The van der Waals surface area contributed by atoms with Crippen LogP contribution in [0.25, 0.3) is 0 Å². The molecule has 1 aliphatic heterocycles. The molecule has 1 fully saturated rings. The van der Waals surface area contributed by atoms with Crippen LogP contribution >= 0.6 is 0 Å². The van der Waals surface area contributed by atoms with Gasteiger partial charge in [-0.25, -0.2) is 22.0 Å². The molecule has 0 radical (unpaired) electrons. The summed E-state index contributed by atoms with van der Waals surface area (Å²) >= 11 is 0. The van der Waals surface area contributed by atoms with Crippen LogP contribution < -0.4 is 10.6 Å². The first-order chi connectivity index (χ1) is 8.97. The summed E-state index contributed by atoms with van der Waals surface area (Å²) in [5.41, 5.74) is 4.42. The molecule has 3 nitrogen and oxygen atoms in total. The highest BCUT2D eigenvalue weighted by atomic mass is 19.2. The van der Waals surface area contributed by atoms with E-state index in [2.05, 4.69) is 0 Å². The molecule has 2 rings (SSSR count). The van der Waals surface area contributed by atoms with E-state index in [4.69, 9.17) is 10.5 Å². The summed E-state index contributed by atoms with van der Waals surface area (Å²) < 4.78 is 71.4. The molecule has 0 saturated carbocycles. The number of anilines is 1. The molecule has 0 aromatic heterocycles. The summed E-state index contributed by atoms with van der Waals surface area (Å²) in [4.78, 5) is 1.05. The standard InChI is InChI=1S/C11H11F5N2O/c12-6-7(13)9(15)11(10(16)8(6)14)18-1-2-19-5(3-17)4-18/h5H,1-4,17H2. The van der Waals surface area contributed by atoms with Gasteiger partial charge in [-0.15, -0.1) is 0 Å². The Morgan fingerprint density at radius 2 is 1.53 bits per heavy atom. The van der Waals surface area contributed by atoms with Gasteiger partial charge in [-0.05, 0) is 0 Å². The van der Waals surface area contributed by atoms with Gasteiger partial charge in [0.05, 0.1) is 12.7 Å². The molecule has 1 saturated heterocycles. The number of morpholine rings is 1. The Labute approximate surface area is 105 Å². The topological polar surface area (TPSA) is 38.5 Å². The van der Waals surface area contributed by atoms with E-state index in [1.54, 1.807) is 0 Å². The van der Waals surface area contributed by atoms with Crippen LogP contribution in [0.4, 0.5) is 27.6 Å². The molecule has 1 atom stereocenters. The lowest BCUT2D eigenvalue weighted by Gasteiger charge is -2.34. The molecular formula is C11H11F5N2O. The van der Waals surface area contributed by atoms with E-state index in [-0.39, 0.29) is 26.2 Å². The predicted molar refractivity (Wildman–Crippen MR) is 57.2 cm³/mol. The van der Waals surface area contributed by atoms with Gasteiger partial charge in [0.2, 0.25) is 5.82 Å².